The summed E-state index contributed by atoms with van der Waals surface area (Å²) in [6.45, 7) is 4.64. The van der Waals surface area contributed by atoms with Crippen LogP contribution >= 0.6 is 15.9 Å². The number of hydrogen-bond donors (Lipinski definition) is 0. The molecule has 0 aliphatic carbocycles. The highest BCUT2D eigenvalue weighted by Crippen LogP contribution is 1.84. The van der Waals surface area contributed by atoms with Crippen LogP contribution in [0, 0.1) is 0 Å². The Balaban J connectivity index is 2.68. The van der Waals surface area contributed by atoms with Gasteiger partial charge in [0.1, 0.15) is 12.4 Å². The summed E-state index contributed by atoms with van der Waals surface area (Å²) in [6.07, 6.45) is 7.75. The molecule has 0 aliphatic rings. The molecule has 1 heterocycles. The van der Waals surface area contributed by atoms with Crippen molar-refractivity contribution >= 4 is 22.1 Å². The third-order valence-corrected chi connectivity index (χ3v) is 1.62. The lowest BCUT2D eigenvalue weighted by atomic mass is 10.7. The van der Waals surface area contributed by atoms with Gasteiger partial charge in [-0.1, -0.05) is 22.5 Å². The molecular weight excluding hydrogens is 192 g/mol. The topological polar surface area (TPSA) is 8.81 Å². The maximum Gasteiger partial charge on any atom is 0.248 e. The average molecular weight is 202 g/mol. The summed E-state index contributed by atoms with van der Waals surface area (Å²) in [4.78, 5) is 0. The van der Waals surface area contributed by atoms with E-state index in [0.717, 1.165) is 11.9 Å². The van der Waals surface area contributed by atoms with Gasteiger partial charge in [-0.2, -0.15) is 0 Å². The van der Waals surface area contributed by atoms with E-state index in [0.29, 0.717) is 0 Å². The Morgan fingerprint density at radius 1 is 1.70 bits per heavy atom. The van der Waals surface area contributed by atoms with E-state index in [1.807, 2.05) is 23.3 Å². The number of imidazole rings is 1. The Labute approximate surface area is 68.9 Å². The van der Waals surface area contributed by atoms with Gasteiger partial charge < -0.3 is 0 Å². The Morgan fingerprint density at radius 2 is 2.50 bits per heavy atom. The predicted octanol–water partition coefficient (Wildman–Crippen LogP) is 1.27. The molecule has 0 unspecified atom stereocenters. The number of rotatable bonds is 3. The molecule has 0 saturated heterocycles. The Bertz CT molecular complexity index is 217. The van der Waals surface area contributed by atoms with Gasteiger partial charge in [0.2, 0.25) is 6.33 Å². The van der Waals surface area contributed by atoms with Crippen molar-refractivity contribution in [1.29, 1.82) is 0 Å². The zero-order chi connectivity index (χ0) is 7.40. The molecule has 0 bridgehead atoms. The molecule has 3 heteroatoms. The fourth-order valence-corrected chi connectivity index (χ4v) is 1.16. The van der Waals surface area contributed by atoms with Gasteiger partial charge in [-0.3, -0.25) is 0 Å². The number of hydrogen-bond acceptors (Lipinski definition) is 0. The van der Waals surface area contributed by atoms with Crippen molar-refractivity contribution in [3.8, 4) is 0 Å². The number of aromatic nitrogens is 2. The fraction of sp³-hybridized carbons (Fsp3) is 0.286. The molecule has 0 saturated carbocycles. The minimum absolute atomic E-state index is 0.985. The lowest BCUT2D eigenvalue weighted by Crippen LogP contribution is -2.31. The van der Waals surface area contributed by atoms with E-state index in [2.05, 4.69) is 27.1 Å². The van der Waals surface area contributed by atoms with Gasteiger partial charge in [-0.25, -0.2) is 9.13 Å². The molecule has 1 aromatic rings. The largest absolute Gasteiger partial charge is 0.248 e. The zero-order valence-corrected chi connectivity index (χ0v) is 7.29. The van der Waals surface area contributed by atoms with Crippen LogP contribution in [0.25, 0.3) is 6.20 Å². The van der Waals surface area contributed by atoms with E-state index in [1.165, 1.54) is 0 Å². The summed E-state index contributed by atoms with van der Waals surface area (Å²) in [5.41, 5.74) is 0. The van der Waals surface area contributed by atoms with Crippen molar-refractivity contribution in [2.75, 3.05) is 5.33 Å². The Hall–Kier alpha value is -0.570. The van der Waals surface area contributed by atoms with E-state index in [4.69, 9.17) is 0 Å². The number of aryl methyl sites for hydroxylation is 1. The first-order chi connectivity index (χ1) is 4.86. The smallest absolute Gasteiger partial charge is 0.236 e. The van der Waals surface area contributed by atoms with Crippen LogP contribution in [0.5, 0.6) is 0 Å². The SMILES string of the molecule is C=Cn1cc[n+](CCBr)c1. The van der Waals surface area contributed by atoms with Crippen LogP contribution < -0.4 is 4.57 Å². The minimum atomic E-state index is 0.985. The van der Waals surface area contributed by atoms with Gasteiger partial charge in [-0.05, 0) is 0 Å². The summed E-state index contributed by atoms with van der Waals surface area (Å²) in [7, 11) is 0. The molecule has 0 aromatic carbocycles. The van der Waals surface area contributed by atoms with Crippen LogP contribution in [0.2, 0.25) is 0 Å². The lowest BCUT2D eigenvalue weighted by Gasteiger charge is -1.86. The van der Waals surface area contributed by atoms with Crippen molar-refractivity contribution in [1.82, 2.24) is 4.57 Å². The minimum Gasteiger partial charge on any atom is -0.236 e. The van der Waals surface area contributed by atoms with Gasteiger partial charge in [0.15, 0.2) is 0 Å². The van der Waals surface area contributed by atoms with E-state index >= 15 is 0 Å². The molecular formula is C7H10BrN2+. The van der Waals surface area contributed by atoms with Crippen molar-refractivity contribution < 1.29 is 4.57 Å². The van der Waals surface area contributed by atoms with Crippen molar-refractivity contribution in [2.45, 2.75) is 6.54 Å². The second-order valence-electron chi connectivity index (χ2n) is 1.97. The number of halogens is 1. The van der Waals surface area contributed by atoms with E-state index in [1.54, 1.807) is 6.20 Å². The maximum atomic E-state index is 3.64. The first-order valence-corrected chi connectivity index (χ1v) is 4.24. The van der Waals surface area contributed by atoms with Gasteiger partial charge in [0.25, 0.3) is 0 Å². The Morgan fingerprint density at radius 3 is 3.00 bits per heavy atom. The summed E-state index contributed by atoms with van der Waals surface area (Å²) in [6, 6.07) is 0. The van der Waals surface area contributed by atoms with Gasteiger partial charge in [-0.15, -0.1) is 0 Å². The molecule has 0 spiro atoms. The first kappa shape index (κ1) is 7.54. The monoisotopic (exact) mass is 201 g/mol. The molecule has 10 heavy (non-hydrogen) atoms. The summed E-state index contributed by atoms with van der Waals surface area (Å²) in [5.74, 6) is 0. The molecule has 0 aliphatic heterocycles. The number of alkyl halides is 1. The molecule has 0 fully saturated rings. The van der Waals surface area contributed by atoms with E-state index < -0.39 is 0 Å². The molecule has 0 atom stereocenters. The number of nitrogens with zero attached hydrogens (tertiary/aromatic N) is 2. The van der Waals surface area contributed by atoms with Gasteiger partial charge in [0, 0.05) is 5.33 Å². The summed E-state index contributed by atoms with van der Waals surface area (Å²) >= 11 is 3.36. The highest BCUT2D eigenvalue weighted by atomic mass is 79.9. The molecule has 0 amide bonds. The standard InChI is InChI=1S/C7H10BrN2/c1-2-9-5-6-10(7-9)4-3-8/h2,5-7H,1,3-4H2/q+1. The molecule has 54 valence electrons. The molecule has 1 rings (SSSR count). The van der Waals surface area contributed by atoms with E-state index in [9.17, 15) is 0 Å². The second kappa shape index (κ2) is 3.56. The fourth-order valence-electron chi connectivity index (χ4n) is 0.749. The molecule has 1 aromatic heterocycles. The summed E-state index contributed by atoms with van der Waals surface area (Å²) < 4.78 is 4.01. The highest BCUT2D eigenvalue weighted by Gasteiger charge is 1.97. The Kier molecular flexibility index (Phi) is 2.68. The second-order valence-corrected chi connectivity index (χ2v) is 2.76. The van der Waals surface area contributed by atoms with Crippen LogP contribution in [-0.4, -0.2) is 9.90 Å². The first-order valence-electron chi connectivity index (χ1n) is 3.12. The predicted molar refractivity (Wildman–Crippen MR) is 44.8 cm³/mol. The van der Waals surface area contributed by atoms with E-state index in [-0.39, 0.29) is 0 Å². The van der Waals surface area contributed by atoms with Gasteiger partial charge in [0.05, 0.1) is 12.7 Å². The highest BCUT2D eigenvalue weighted by molar-refractivity contribution is 9.09. The third-order valence-electron chi connectivity index (χ3n) is 1.27. The molecule has 2 nitrogen and oxygen atoms in total. The van der Waals surface area contributed by atoms with Crippen LogP contribution in [0.3, 0.4) is 0 Å². The summed E-state index contributed by atoms with van der Waals surface area (Å²) in [5, 5.41) is 0.985. The van der Waals surface area contributed by atoms with Crippen LogP contribution in [0.15, 0.2) is 25.3 Å². The van der Waals surface area contributed by atoms with Gasteiger partial charge >= 0.3 is 0 Å². The molecule has 0 radical (unpaired) electrons. The quantitative estimate of drug-likeness (QED) is 0.515. The van der Waals surface area contributed by atoms with Crippen LogP contribution in [-0.2, 0) is 6.54 Å². The normalized spacial score (nSPS) is 9.70. The van der Waals surface area contributed by atoms with Crippen LogP contribution in [0.4, 0.5) is 0 Å². The van der Waals surface area contributed by atoms with Crippen molar-refractivity contribution in [2.24, 2.45) is 0 Å². The lowest BCUT2D eigenvalue weighted by molar-refractivity contribution is -0.691. The zero-order valence-electron chi connectivity index (χ0n) is 5.70. The molecule has 0 N–H and O–H groups in total. The maximum absolute atomic E-state index is 3.64. The average Bonchev–Trinajstić information content (AvgIpc) is 2.37. The van der Waals surface area contributed by atoms with Crippen LogP contribution in [0.1, 0.15) is 0 Å². The third kappa shape index (κ3) is 1.70. The van der Waals surface area contributed by atoms with Crippen molar-refractivity contribution in [3.05, 3.63) is 25.3 Å². The van der Waals surface area contributed by atoms with Crippen molar-refractivity contribution in [3.63, 3.8) is 0 Å².